The van der Waals surface area contributed by atoms with Gasteiger partial charge in [0.15, 0.2) is 25.3 Å². The Kier molecular flexibility index (Phi) is 5.25. The molecule has 0 fully saturated rings. The van der Waals surface area contributed by atoms with E-state index < -0.39 is 7.62 Å². The van der Waals surface area contributed by atoms with Crippen molar-refractivity contribution in [2.45, 2.75) is 0 Å². The molecule has 0 amide bonds. The van der Waals surface area contributed by atoms with Crippen molar-refractivity contribution in [3.63, 3.8) is 0 Å². The van der Waals surface area contributed by atoms with E-state index in [1.165, 1.54) is 0 Å². The monoisotopic (exact) mass is 171 g/mol. The molecule has 0 rings (SSSR count). The highest BCUT2D eigenvalue weighted by Crippen LogP contribution is 1.56. The quantitative estimate of drug-likeness (QED) is 0.481. The van der Waals surface area contributed by atoms with Crippen LogP contribution in [0.15, 0.2) is 4.30 Å². The van der Waals surface area contributed by atoms with Crippen molar-refractivity contribution in [2.75, 3.05) is 0 Å². The Balaban J connectivity index is 4.05. The van der Waals surface area contributed by atoms with Crippen LogP contribution in [0.5, 0.6) is 0 Å². The highest BCUT2D eigenvalue weighted by atomic mass is 29.5. The average Bonchev–Trinajstić information content (AvgIpc) is 1.83. The Morgan fingerprint density at radius 1 is 1.12 bits per heavy atom. The summed E-state index contributed by atoms with van der Waals surface area (Å²) in [6.07, 6.45) is 0. The van der Waals surface area contributed by atoms with Crippen LogP contribution in [-0.2, 0) is 0 Å². The smallest absolute Gasteiger partial charge is 0.300 e. The van der Waals surface area contributed by atoms with Crippen LogP contribution in [0.3, 0.4) is 0 Å². The van der Waals surface area contributed by atoms with Gasteiger partial charge in [-0.2, -0.15) is 0 Å². The van der Waals surface area contributed by atoms with Crippen LogP contribution in [0.1, 0.15) is 0 Å². The summed E-state index contributed by atoms with van der Waals surface area (Å²) < 4.78 is 3.81. The van der Waals surface area contributed by atoms with Gasteiger partial charge < -0.3 is 19.5 Å². The highest BCUT2D eigenvalue weighted by molar-refractivity contribution is 7.28. The third-order valence-electron chi connectivity index (χ3n) is 0.405. The Morgan fingerprint density at radius 3 is 1.75 bits per heavy atom. The largest absolute Gasteiger partial charge is 0.348 e. The van der Waals surface area contributed by atoms with E-state index in [9.17, 15) is 0 Å². The van der Waals surface area contributed by atoms with Crippen molar-refractivity contribution in [3.8, 4) is 0 Å². The van der Waals surface area contributed by atoms with Gasteiger partial charge >= 0.3 is 9.47 Å². The molecule has 39 valence electrons. The fourth-order valence-electron chi connectivity index (χ4n) is 0.143. The van der Waals surface area contributed by atoms with E-state index >= 15 is 0 Å². The van der Waals surface area contributed by atoms with Crippen molar-refractivity contribution >= 4 is 34.8 Å². The number of nitrogens with zero attached hydrogens (tertiary/aromatic N) is 1. The van der Waals surface area contributed by atoms with Crippen LogP contribution in [0.4, 0.5) is 0 Å². The van der Waals surface area contributed by atoms with Gasteiger partial charge in [0.2, 0.25) is 0 Å². The molecule has 0 heterocycles. The summed E-state index contributed by atoms with van der Waals surface area (Å²) in [5, 5.41) is 20.4. The van der Waals surface area contributed by atoms with Crippen LogP contribution in [0.25, 0.3) is 0 Å². The zero-order chi connectivity index (χ0) is 6.41. The molecule has 0 unspecified atom stereocenters. The van der Waals surface area contributed by atoms with Crippen LogP contribution in [-0.4, -0.2) is 34.8 Å². The van der Waals surface area contributed by atoms with Gasteiger partial charge in [-0.1, -0.05) is 0 Å². The summed E-state index contributed by atoms with van der Waals surface area (Å²) in [6, 6.07) is 0. The number of hydrogen-bond acceptors (Lipinski definition) is 3. The van der Waals surface area contributed by atoms with Crippen molar-refractivity contribution in [2.24, 2.45) is 4.30 Å². The second-order valence-electron chi connectivity index (χ2n) is 0.822. The Bertz CT molecular complexity index is 125. The molecule has 0 aliphatic heterocycles. The maximum Gasteiger partial charge on any atom is 0.300 e. The van der Waals surface area contributed by atoms with Crippen LogP contribution in [0.2, 0.25) is 0 Å². The lowest BCUT2D eigenvalue weighted by Crippen LogP contribution is -2.07. The molecule has 0 saturated heterocycles. The summed E-state index contributed by atoms with van der Waals surface area (Å²) in [7, 11) is -1.08. The SMILES string of the molecule is N=[Si]N=[Si]([Si]=N)[Si]=N. The van der Waals surface area contributed by atoms with E-state index in [-0.39, 0.29) is 27.1 Å². The lowest BCUT2D eigenvalue weighted by molar-refractivity contribution is 1.57. The summed E-state index contributed by atoms with van der Waals surface area (Å²) in [5.74, 6) is 0. The predicted octanol–water partition coefficient (Wildman–Crippen LogP) is -0.445. The first-order valence-corrected chi connectivity index (χ1v) is 8.09. The highest BCUT2D eigenvalue weighted by Gasteiger charge is 1.88. The maximum atomic E-state index is 6.85. The number of nitrogens with one attached hydrogen (secondary N) is 3. The lowest BCUT2D eigenvalue weighted by Gasteiger charge is -1.73. The van der Waals surface area contributed by atoms with Gasteiger partial charge in [0, 0.05) is 0 Å². The van der Waals surface area contributed by atoms with Gasteiger partial charge in [0.1, 0.15) is 0 Å². The molecule has 0 aliphatic rings. The van der Waals surface area contributed by atoms with E-state index in [1.54, 1.807) is 0 Å². The summed E-state index contributed by atoms with van der Waals surface area (Å²) in [4.78, 5) is 0. The van der Waals surface area contributed by atoms with Crippen LogP contribution in [0, 0.1) is 15.2 Å². The molecule has 0 spiro atoms. The van der Waals surface area contributed by atoms with E-state index in [0.717, 1.165) is 0 Å². The summed E-state index contributed by atoms with van der Waals surface area (Å²) >= 11 is 0. The Labute approximate surface area is 54.8 Å². The summed E-state index contributed by atoms with van der Waals surface area (Å²) in [5.41, 5.74) is 0. The minimum Gasteiger partial charge on any atom is -0.348 e. The normalized spacial score (nSPS) is 7.00. The van der Waals surface area contributed by atoms with Gasteiger partial charge in [0.05, 0.1) is 0 Å². The van der Waals surface area contributed by atoms with Crippen molar-refractivity contribution in [1.29, 1.82) is 15.2 Å². The number of rotatable bonds is 3. The molecular formula is H3N4Si4. The van der Waals surface area contributed by atoms with Gasteiger partial charge in [-0.05, 0) is 0 Å². The molecule has 0 aromatic carbocycles. The minimum absolute atomic E-state index is 0.0527. The van der Waals surface area contributed by atoms with E-state index in [4.69, 9.17) is 15.2 Å². The molecule has 3 radical (unpaired) electrons. The van der Waals surface area contributed by atoms with Gasteiger partial charge in [-0.25, -0.2) is 0 Å². The summed E-state index contributed by atoms with van der Waals surface area (Å²) in [6.45, 7) is 0. The number of hydrogen-bond donors (Lipinski definition) is 3. The van der Waals surface area contributed by atoms with E-state index in [0.29, 0.717) is 0 Å². The molecule has 0 bridgehead atoms. The third-order valence-corrected chi connectivity index (χ3v) is 7.90. The lowest BCUT2D eigenvalue weighted by atomic mass is 13.9. The standard InChI is InChI=1S/H3N4Si4/c1-5-4-8(6-2)7-3/h1-3H. The molecule has 8 heteroatoms. The first kappa shape index (κ1) is 8.07. The molecule has 0 aromatic heterocycles. The Morgan fingerprint density at radius 2 is 1.62 bits per heavy atom. The van der Waals surface area contributed by atoms with Gasteiger partial charge in [-0.15, -0.1) is 0 Å². The Hall–Kier alpha value is 0.0675. The van der Waals surface area contributed by atoms with Gasteiger partial charge in [-0.3, -0.25) is 0 Å². The fraction of sp³-hybridized carbons (Fsp3) is 0. The van der Waals surface area contributed by atoms with E-state index in [2.05, 4.69) is 4.30 Å². The second kappa shape index (κ2) is 5.21. The molecule has 8 heavy (non-hydrogen) atoms. The topological polar surface area (TPSA) is 83.9 Å². The van der Waals surface area contributed by atoms with Crippen LogP contribution >= 0.6 is 0 Å². The van der Waals surface area contributed by atoms with Crippen LogP contribution < -0.4 is 0 Å². The first-order valence-electron chi connectivity index (χ1n) is 1.70. The average molecular weight is 171 g/mol. The molecular weight excluding hydrogens is 168 g/mol. The molecule has 4 nitrogen and oxygen atoms in total. The first-order chi connectivity index (χ1) is 3.85. The zero-order valence-corrected chi connectivity index (χ0v) is 7.95. The van der Waals surface area contributed by atoms with Crippen molar-refractivity contribution in [3.05, 3.63) is 0 Å². The second-order valence-corrected chi connectivity index (χ2v) is 8.98. The molecule has 3 N–H and O–H groups in total. The van der Waals surface area contributed by atoms with Crippen molar-refractivity contribution in [1.82, 2.24) is 0 Å². The molecule has 0 atom stereocenters. The van der Waals surface area contributed by atoms with E-state index in [1.807, 2.05) is 0 Å². The third kappa shape index (κ3) is 3.12. The predicted molar refractivity (Wildman–Crippen MR) is 33.6 cm³/mol. The maximum absolute atomic E-state index is 6.85. The fourth-order valence-corrected chi connectivity index (χ4v) is 3.86. The molecule has 0 aliphatic carbocycles. The van der Waals surface area contributed by atoms with Gasteiger partial charge in [0.25, 0.3) is 0 Å². The molecule has 0 aromatic rings. The zero-order valence-electron chi connectivity index (χ0n) is 3.95. The molecule has 0 saturated carbocycles. The van der Waals surface area contributed by atoms with Crippen molar-refractivity contribution < 1.29 is 0 Å². The minimum atomic E-state index is -1.04.